The fourth-order valence-electron chi connectivity index (χ4n) is 2.31. The van der Waals surface area contributed by atoms with Gasteiger partial charge >= 0.3 is 5.97 Å². The number of ether oxygens (including phenoxy) is 2. The van der Waals surface area contributed by atoms with Gasteiger partial charge in [0.05, 0.1) is 12.7 Å². The van der Waals surface area contributed by atoms with Crippen LogP contribution in [0.15, 0.2) is 18.3 Å². The summed E-state index contributed by atoms with van der Waals surface area (Å²) in [5.74, 6) is -0.309. The molecule has 104 valence electrons. The molecule has 19 heavy (non-hydrogen) atoms. The lowest BCUT2D eigenvalue weighted by Crippen LogP contribution is -2.61. The quantitative estimate of drug-likeness (QED) is 0.820. The van der Waals surface area contributed by atoms with E-state index in [4.69, 9.17) is 14.6 Å². The zero-order chi connectivity index (χ0) is 13.9. The molecule has 0 spiro atoms. The number of carbonyl (C=O) groups is 1. The zero-order valence-corrected chi connectivity index (χ0v) is 11.1. The summed E-state index contributed by atoms with van der Waals surface area (Å²) in [5.41, 5.74) is 0.652. The topological polar surface area (TPSA) is 71.9 Å². The van der Waals surface area contributed by atoms with E-state index < -0.39 is 5.97 Å². The molecular weight excluding hydrogens is 248 g/mol. The van der Waals surface area contributed by atoms with Crippen LogP contribution in [-0.2, 0) is 16.1 Å². The number of likely N-dealkylation sites (tertiary alicyclic amines) is 1. The van der Waals surface area contributed by atoms with Gasteiger partial charge in [-0.2, -0.15) is 0 Å². The molecule has 0 aromatic carbocycles. The molecule has 1 fully saturated rings. The standard InChI is InChI=1S/C13H18N2O4/c1-13(19-7-11(16)17)8-15(9-13)6-10-4-3-5-14-12(10)18-2/h3-5H,6-9H2,1-2H3,(H,16,17). The summed E-state index contributed by atoms with van der Waals surface area (Å²) in [6.45, 7) is 3.81. The average molecular weight is 266 g/mol. The Balaban J connectivity index is 1.85. The van der Waals surface area contributed by atoms with Crippen molar-refractivity contribution in [2.24, 2.45) is 0 Å². The van der Waals surface area contributed by atoms with Crippen LogP contribution in [-0.4, -0.2) is 53.4 Å². The van der Waals surface area contributed by atoms with Crippen LogP contribution >= 0.6 is 0 Å². The van der Waals surface area contributed by atoms with Crippen LogP contribution in [0.3, 0.4) is 0 Å². The fraction of sp³-hybridized carbons (Fsp3) is 0.538. The molecule has 6 nitrogen and oxygen atoms in total. The number of hydrogen-bond donors (Lipinski definition) is 1. The van der Waals surface area contributed by atoms with Gasteiger partial charge in [0.25, 0.3) is 0 Å². The highest BCUT2D eigenvalue weighted by Gasteiger charge is 2.40. The maximum absolute atomic E-state index is 10.5. The van der Waals surface area contributed by atoms with Crippen LogP contribution in [0.2, 0.25) is 0 Å². The maximum Gasteiger partial charge on any atom is 0.329 e. The molecule has 1 aromatic rings. The molecule has 6 heteroatoms. The smallest absolute Gasteiger partial charge is 0.329 e. The minimum Gasteiger partial charge on any atom is -0.481 e. The number of hydrogen-bond acceptors (Lipinski definition) is 5. The minimum atomic E-state index is -0.936. The van der Waals surface area contributed by atoms with Crippen molar-refractivity contribution in [1.29, 1.82) is 0 Å². The molecule has 1 N–H and O–H groups in total. The molecule has 0 atom stereocenters. The Kier molecular flexibility index (Phi) is 4.01. The molecule has 0 aliphatic carbocycles. The molecule has 1 aliphatic rings. The van der Waals surface area contributed by atoms with Crippen molar-refractivity contribution >= 4 is 5.97 Å². The van der Waals surface area contributed by atoms with Gasteiger partial charge in [0.2, 0.25) is 5.88 Å². The van der Waals surface area contributed by atoms with Crippen molar-refractivity contribution in [3.8, 4) is 5.88 Å². The van der Waals surface area contributed by atoms with Crippen LogP contribution < -0.4 is 4.74 Å². The average Bonchev–Trinajstić information content (AvgIpc) is 2.35. The largest absolute Gasteiger partial charge is 0.481 e. The summed E-state index contributed by atoms with van der Waals surface area (Å²) < 4.78 is 10.6. The van der Waals surface area contributed by atoms with Gasteiger partial charge in [0.1, 0.15) is 6.61 Å². The number of aromatic nitrogens is 1. The van der Waals surface area contributed by atoms with E-state index in [0.717, 1.165) is 12.1 Å². The predicted molar refractivity (Wildman–Crippen MR) is 68.1 cm³/mol. The van der Waals surface area contributed by atoms with Gasteiger partial charge in [-0.3, -0.25) is 4.90 Å². The number of aliphatic carboxylic acids is 1. The molecule has 2 rings (SSSR count). The molecule has 0 unspecified atom stereocenters. The second-order valence-electron chi connectivity index (χ2n) is 4.95. The summed E-state index contributed by atoms with van der Waals surface area (Å²) in [5, 5.41) is 8.60. The van der Waals surface area contributed by atoms with Crippen LogP contribution in [0.5, 0.6) is 5.88 Å². The second-order valence-corrected chi connectivity index (χ2v) is 4.95. The molecule has 0 saturated carbocycles. The van der Waals surface area contributed by atoms with Gasteiger partial charge in [0.15, 0.2) is 0 Å². The van der Waals surface area contributed by atoms with Gasteiger partial charge in [-0.05, 0) is 13.0 Å². The SMILES string of the molecule is COc1ncccc1CN1CC(C)(OCC(=O)O)C1. The number of pyridine rings is 1. The third-order valence-electron chi connectivity index (χ3n) is 3.10. The van der Waals surface area contributed by atoms with Crippen molar-refractivity contribution in [3.05, 3.63) is 23.9 Å². The van der Waals surface area contributed by atoms with Gasteiger partial charge in [-0.25, -0.2) is 9.78 Å². The normalized spacial score (nSPS) is 17.8. The van der Waals surface area contributed by atoms with Gasteiger partial charge in [-0.15, -0.1) is 0 Å². The van der Waals surface area contributed by atoms with E-state index in [2.05, 4.69) is 9.88 Å². The number of carboxylic acid groups (broad SMARTS) is 1. The first kappa shape index (κ1) is 13.8. The first-order valence-electron chi connectivity index (χ1n) is 6.08. The summed E-state index contributed by atoms with van der Waals surface area (Å²) in [6, 6.07) is 3.84. The number of rotatable bonds is 6. The monoisotopic (exact) mass is 266 g/mol. The lowest BCUT2D eigenvalue weighted by Gasteiger charge is -2.47. The Morgan fingerprint density at radius 1 is 1.58 bits per heavy atom. The number of methoxy groups -OCH3 is 1. The van der Waals surface area contributed by atoms with Crippen molar-refractivity contribution in [2.75, 3.05) is 26.8 Å². The highest BCUT2D eigenvalue weighted by molar-refractivity contribution is 5.68. The third-order valence-corrected chi connectivity index (χ3v) is 3.10. The molecule has 0 radical (unpaired) electrons. The highest BCUT2D eigenvalue weighted by Crippen LogP contribution is 2.27. The van der Waals surface area contributed by atoms with Crippen LogP contribution in [0.1, 0.15) is 12.5 Å². The zero-order valence-electron chi connectivity index (χ0n) is 11.1. The molecule has 1 aromatic heterocycles. The maximum atomic E-state index is 10.5. The van der Waals surface area contributed by atoms with Gasteiger partial charge in [-0.1, -0.05) is 6.07 Å². The molecular formula is C13H18N2O4. The summed E-state index contributed by atoms with van der Waals surface area (Å²) in [6.07, 6.45) is 1.69. The molecule has 1 aliphatic heterocycles. The summed E-state index contributed by atoms with van der Waals surface area (Å²) in [7, 11) is 1.60. The van der Waals surface area contributed by atoms with E-state index >= 15 is 0 Å². The summed E-state index contributed by atoms with van der Waals surface area (Å²) >= 11 is 0. The molecule has 0 bridgehead atoms. The lowest BCUT2D eigenvalue weighted by molar-refractivity contribution is -0.165. The van der Waals surface area contributed by atoms with E-state index in [-0.39, 0.29) is 12.2 Å². The second kappa shape index (κ2) is 5.54. The Morgan fingerprint density at radius 3 is 2.95 bits per heavy atom. The van der Waals surface area contributed by atoms with Crippen molar-refractivity contribution in [3.63, 3.8) is 0 Å². The van der Waals surface area contributed by atoms with Gasteiger partial charge < -0.3 is 14.6 Å². The van der Waals surface area contributed by atoms with Gasteiger partial charge in [0, 0.05) is 31.4 Å². The van der Waals surface area contributed by atoms with Crippen molar-refractivity contribution in [1.82, 2.24) is 9.88 Å². The number of nitrogens with zero attached hydrogens (tertiary/aromatic N) is 2. The van der Waals surface area contributed by atoms with Crippen molar-refractivity contribution < 1.29 is 19.4 Å². The highest BCUT2D eigenvalue weighted by atomic mass is 16.5. The summed E-state index contributed by atoms with van der Waals surface area (Å²) in [4.78, 5) is 16.8. The van der Waals surface area contributed by atoms with E-state index in [1.807, 2.05) is 19.1 Å². The van der Waals surface area contributed by atoms with E-state index in [0.29, 0.717) is 19.0 Å². The van der Waals surface area contributed by atoms with Crippen LogP contribution in [0.4, 0.5) is 0 Å². The first-order chi connectivity index (χ1) is 9.02. The Hall–Kier alpha value is -1.66. The third kappa shape index (κ3) is 3.42. The van der Waals surface area contributed by atoms with E-state index in [9.17, 15) is 4.79 Å². The predicted octanol–water partition coefficient (Wildman–Crippen LogP) is 0.766. The Bertz CT molecular complexity index is 458. The fourth-order valence-corrected chi connectivity index (χ4v) is 2.31. The Morgan fingerprint density at radius 2 is 2.32 bits per heavy atom. The number of carboxylic acids is 1. The van der Waals surface area contributed by atoms with Crippen LogP contribution in [0.25, 0.3) is 0 Å². The first-order valence-corrected chi connectivity index (χ1v) is 6.08. The van der Waals surface area contributed by atoms with Crippen LogP contribution in [0, 0.1) is 0 Å². The van der Waals surface area contributed by atoms with Crippen molar-refractivity contribution in [2.45, 2.75) is 19.1 Å². The molecule has 2 heterocycles. The Labute approximate surface area is 112 Å². The molecule has 1 saturated heterocycles. The van der Waals surface area contributed by atoms with E-state index in [1.165, 1.54) is 0 Å². The molecule has 0 amide bonds. The lowest BCUT2D eigenvalue weighted by atomic mass is 9.96. The minimum absolute atomic E-state index is 0.249. The van der Waals surface area contributed by atoms with E-state index in [1.54, 1.807) is 13.3 Å².